The lowest BCUT2D eigenvalue weighted by Crippen LogP contribution is -2.57. The summed E-state index contributed by atoms with van der Waals surface area (Å²) in [5, 5.41) is 17.4. The summed E-state index contributed by atoms with van der Waals surface area (Å²) in [5.74, 6) is -0.977. The average molecular weight is 304 g/mol. The topological polar surface area (TPSA) is 70.7 Å². The van der Waals surface area contributed by atoms with Crippen LogP contribution in [-0.4, -0.2) is 43.4 Å². The van der Waals surface area contributed by atoms with Crippen molar-refractivity contribution in [3.05, 3.63) is 18.0 Å². The highest BCUT2D eigenvalue weighted by Gasteiger charge is 2.63. The molecule has 0 fully saturated rings. The van der Waals surface area contributed by atoms with Crippen molar-refractivity contribution in [3.8, 4) is 0 Å². The minimum Gasteiger partial charge on any atom is -0.362 e. The summed E-state index contributed by atoms with van der Waals surface area (Å²) < 4.78 is 40.4. The molecule has 0 aromatic carbocycles. The van der Waals surface area contributed by atoms with E-state index in [2.05, 4.69) is 10.2 Å². The molecule has 21 heavy (non-hydrogen) atoms. The zero-order valence-electron chi connectivity index (χ0n) is 11.7. The molecule has 0 spiro atoms. The van der Waals surface area contributed by atoms with Gasteiger partial charge in [0.15, 0.2) is 0 Å². The van der Waals surface area contributed by atoms with Crippen LogP contribution in [0.15, 0.2) is 17.5 Å². The molecule has 1 N–H and O–H groups in total. The number of rotatable bonds is 2. The van der Waals surface area contributed by atoms with Gasteiger partial charge in [0.1, 0.15) is 6.04 Å². The predicted molar refractivity (Wildman–Crippen MR) is 67.3 cm³/mol. The van der Waals surface area contributed by atoms with Gasteiger partial charge in [0, 0.05) is 18.3 Å². The van der Waals surface area contributed by atoms with E-state index in [0.717, 1.165) is 5.56 Å². The van der Waals surface area contributed by atoms with E-state index in [1.807, 2.05) is 0 Å². The first-order chi connectivity index (χ1) is 9.56. The lowest BCUT2D eigenvalue weighted by atomic mass is 10.1. The Morgan fingerprint density at radius 2 is 2.10 bits per heavy atom. The molecule has 1 aliphatic rings. The Hall–Kier alpha value is -1.90. The van der Waals surface area contributed by atoms with Gasteiger partial charge in [-0.2, -0.15) is 28.4 Å². The van der Waals surface area contributed by atoms with Crippen LogP contribution in [0.3, 0.4) is 0 Å². The quantitative estimate of drug-likeness (QED) is 0.902. The molecule has 116 valence electrons. The number of amides is 1. The van der Waals surface area contributed by atoms with Gasteiger partial charge in [-0.25, -0.2) is 0 Å². The van der Waals surface area contributed by atoms with Crippen molar-refractivity contribution in [1.29, 1.82) is 0 Å². The third kappa shape index (κ3) is 2.53. The van der Waals surface area contributed by atoms with Crippen LogP contribution in [0.5, 0.6) is 0 Å². The predicted octanol–water partition coefficient (Wildman–Crippen LogP) is 1.61. The maximum atomic E-state index is 13.1. The zero-order chi connectivity index (χ0) is 16.0. The maximum absolute atomic E-state index is 13.1. The van der Waals surface area contributed by atoms with Gasteiger partial charge in [0.05, 0.1) is 6.20 Å². The van der Waals surface area contributed by atoms with Gasteiger partial charge in [-0.1, -0.05) is 0 Å². The highest BCUT2D eigenvalue weighted by molar-refractivity contribution is 5.90. The molecule has 1 amide bonds. The van der Waals surface area contributed by atoms with Crippen molar-refractivity contribution < 1.29 is 23.1 Å². The van der Waals surface area contributed by atoms with E-state index in [-0.39, 0.29) is 10.7 Å². The number of hydrogen-bond acceptors (Lipinski definition) is 4. The molecular formula is C12H15F3N4O2. The van der Waals surface area contributed by atoms with Crippen LogP contribution >= 0.6 is 0 Å². The molecule has 9 heteroatoms. The van der Waals surface area contributed by atoms with E-state index in [1.54, 1.807) is 6.92 Å². The first kappa shape index (κ1) is 15.5. The molecule has 0 saturated heterocycles. The number of hydrazone groups is 1. The minimum absolute atomic E-state index is 0.0343. The fraction of sp³-hybridized carbons (Fsp3) is 0.583. The average Bonchev–Trinajstić information content (AvgIpc) is 2.91. The number of carbonyl (C=O) groups is 1. The summed E-state index contributed by atoms with van der Waals surface area (Å²) in [5.41, 5.74) is -2.50. The van der Waals surface area contributed by atoms with E-state index in [0.29, 0.717) is 0 Å². The third-order valence-corrected chi connectivity index (χ3v) is 3.27. The lowest BCUT2D eigenvalue weighted by Gasteiger charge is -2.33. The number of aryl methyl sites for hydroxylation is 1. The summed E-state index contributed by atoms with van der Waals surface area (Å²) in [6.45, 7) is 4.46. The van der Waals surface area contributed by atoms with Crippen molar-refractivity contribution in [3.63, 3.8) is 0 Å². The number of carbonyl (C=O) groups excluding carboxylic acids is 1. The molecule has 0 saturated carbocycles. The highest BCUT2D eigenvalue weighted by Crippen LogP contribution is 2.41. The van der Waals surface area contributed by atoms with Crippen molar-refractivity contribution >= 4 is 11.6 Å². The van der Waals surface area contributed by atoms with Crippen LogP contribution in [0, 0.1) is 6.92 Å². The fourth-order valence-electron chi connectivity index (χ4n) is 2.11. The molecule has 0 radical (unpaired) electrons. The summed E-state index contributed by atoms with van der Waals surface area (Å²) in [4.78, 5) is 12.3. The molecule has 1 aliphatic heterocycles. The molecule has 2 heterocycles. The maximum Gasteiger partial charge on any atom is 0.438 e. The first-order valence-corrected chi connectivity index (χ1v) is 6.24. The van der Waals surface area contributed by atoms with E-state index in [4.69, 9.17) is 0 Å². The Morgan fingerprint density at radius 3 is 2.57 bits per heavy atom. The number of alkyl halides is 3. The number of nitrogens with zero attached hydrogens (tertiary/aromatic N) is 4. The SMILES string of the molecule is CC1=NN(C(=O)[C@H](C)n2cc(C)cn2)[C@@](O)(C(F)(F)F)C1. The molecule has 6 nitrogen and oxygen atoms in total. The van der Waals surface area contributed by atoms with Gasteiger partial charge in [0.25, 0.3) is 11.6 Å². The first-order valence-electron chi connectivity index (χ1n) is 6.24. The van der Waals surface area contributed by atoms with Gasteiger partial charge in [0.2, 0.25) is 0 Å². The van der Waals surface area contributed by atoms with Gasteiger partial charge in [-0.3, -0.25) is 9.48 Å². The van der Waals surface area contributed by atoms with Gasteiger partial charge in [-0.15, -0.1) is 0 Å². The van der Waals surface area contributed by atoms with Crippen LogP contribution < -0.4 is 0 Å². The Balaban J connectivity index is 2.32. The number of aliphatic hydroxyl groups is 1. The number of aromatic nitrogens is 2. The summed E-state index contributed by atoms with van der Waals surface area (Å²) in [6.07, 6.45) is -2.74. The molecule has 1 aromatic heterocycles. The zero-order valence-corrected chi connectivity index (χ0v) is 11.7. The Morgan fingerprint density at radius 1 is 1.48 bits per heavy atom. The molecular weight excluding hydrogens is 289 g/mol. The molecule has 2 rings (SSSR count). The fourth-order valence-corrected chi connectivity index (χ4v) is 2.11. The van der Waals surface area contributed by atoms with Crippen LogP contribution in [0.2, 0.25) is 0 Å². The Bertz CT molecular complexity index is 596. The van der Waals surface area contributed by atoms with Gasteiger partial charge < -0.3 is 5.11 Å². The monoisotopic (exact) mass is 304 g/mol. The van der Waals surface area contributed by atoms with Crippen LogP contribution in [0.25, 0.3) is 0 Å². The third-order valence-electron chi connectivity index (χ3n) is 3.27. The van der Waals surface area contributed by atoms with Crippen molar-refractivity contribution in [1.82, 2.24) is 14.8 Å². The highest BCUT2D eigenvalue weighted by atomic mass is 19.4. The van der Waals surface area contributed by atoms with E-state index >= 15 is 0 Å². The Kier molecular flexibility index (Phi) is 3.56. The molecule has 0 aliphatic carbocycles. The van der Waals surface area contributed by atoms with E-state index in [1.165, 1.54) is 30.9 Å². The molecule has 0 unspecified atom stereocenters. The second kappa shape index (κ2) is 4.83. The number of halogens is 3. The molecule has 1 aromatic rings. The van der Waals surface area contributed by atoms with E-state index in [9.17, 15) is 23.1 Å². The van der Waals surface area contributed by atoms with Crippen LogP contribution in [0.1, 0.15) is 31.9 Å². The van der Waals surface area contributed by atoms with Crippen molar-refractivity contribution in [2.45, 2.75) is 45.1 Å². The lowest BCUT2D eigenvalue weighted by molar-refractivity contribution is -0.303. The largest absolute Gasteiger partial charge is 0.438 e. The van der Waals surface area contributed by atoms with Crippen LogP contribution in [-0.2, 0) is 4.79 Å². The summed E-state index contributed by atoms with van der Waals surface area (Å²) in [7, 11) is 0. The van der Waals surface area contributed by atoms with Gasteiger partial charge >= 0.3 is 6.18 Å². The smallest absolute Gasteiger partial charge is 0.362 e. The normalized spacial score (nSPS) is 24.1. The summed E-state index contributed by atoms with van der Waals surface area (Å²) in [6, 6.07) is -1.01. The van der Waals surface area contributed by atoms with Crippen molar-refractivity contribution in [2.24, 2.45) is 5.10 Å². The summed E-state index contributed by atoms with van der Waals surface area (Å²) >= 11 is 0. The van der Waals surface area contributed by atoms with E-state index < -0.39 is 30.3 Å². The second-order valence-corrected chi connectivity index (χ2v) is 5.15. The molecule has 2 atom stereocenters. The minimum atomic E-state index is -5.00. The Labute approximate surface area is 118 Å². The second-order valence-electron chi connectivity index (χ2n) is 5.15. The van der Waals surface area contributed by atoms with Gasteiger partial charge in [-0.05, 0) is 26.3 Å². The van der Waals surface area contributed by atoms with Crippen molar-refractivity contribution in [2.75, 3.05) is 0 Å². The molecule has 0 bridgehead atoms. The standard InChI is InChI=1S/C12H15F3N4O2/c1-7-5-16-18(6-7)9(3)10(20)19-11(21,12(13,14)15)4-8(2)17-19/h5-6,9,21H,4H2,1-3H3/t9-,11-/m0/s1. The number of hydrogen-bond donors (Lipinski definition) is 1. The van der Waals surface area contributed by atoms with Crippen LogP contribution in [0.4, 0.5) is 13.2 Å².